The average Bonchev–Trinajstić information content (AvgIpc) is 3.14. The lowest BCUT2D eigenvalue weighted by Crippen LogP contribution is -2.27. The first kappa shape index (κ1) is 18.6. The zero-order chi connectivity index (χ0) is 19.4. The molecule has 0 saturated heterocycles. The second kappa shape index (κ2) is 7.99. The minimum absolute atomic E-state index is 0.121. The molecular formula is C22H23NO4. The molecule has 0 aliphatic heterocycles. The largest absolute Gasteiger partial charge is 0.497 e. The predicted octanol–water partition coefficient (Wildman–Crippen LogP) is 4.68. The second-order valence-corrected chi connectivity index (χ2v) is 6.29. The number of fused-ring (bicyclic) bond motifs is 1. The molecule has 1 amide bonds. The molecular weight excluding hydrogens is 342 g/mol. The van der Waals surface area contributed by atoms with E-state index in [2.05, 4.69) is 0 Å². The molecule has 3 rings (SSSR count). The van der Waals surface area contributed by atoms with E-state index in [1.54, 1.807) is 38.3 Å². The molecule has 1 aromatic heterocycles. The summed E-state index contributed by atoms with van der Waals surface area (Å²) in [6.45, 7) is 1.94. The summed E-state index contributed by atoms with van der Waals surface area (Å²) in [7, 11) is 4.95. The molecule has 2 aromatic carbocycles. The van der Waals surface area contributed by atoms with Crippen molar-refractivity contribution < 1.29 is 18.7 Å². The fraction of sp³-hybridized carbons (Fsp3) is 0.227. The predicted molar refractivity (Wildman–Crippen MR) is 106 cm³/mol. The summed E-state index contributed by atoms with van der Waals surface area (Å²) in [6, 6.07) is 15.1. The van der Waals surface area contributed by atoms with Gasteiger partial charge in [0.15, 0.2) is 0 Å². The molecule has 0 unspecified atom stereocenters. The number of carbonyl (C=O) groups excluding carboxylic acids is 1. The van der Waals surface area contributed by atoms with Crippen LogP contribution in [0.1, 0.15) is 24.3 Å². The Labute approximate surface area is 158 Å². The van der Waals surface area contributed by atoms with Crippen molar-refractivity contribution in [1.82, 2.24) is 4.90 Å². The maximum atomic E-state index is 12.6. The van der Waals surface area contributed by atoms with Crippen molar-refractivity contribution in [2.24, 2.45) is 0 Å². The molecule has 140 valence electrons. The summed E-state index contributed by atoms with van der Waals surface area (Å²) in [5, 5.41) is 1.03. The van der Waals surface area contributed by atoms with Gasteiger partial charge in [0.1, 0.15) is 22.8 Å². The van der Waals surface area contributed by atoms with Crippen LogP contribution in [-0.4, -0.2) is 32.1 Å². The van der Waals surface area contributed by atoms with Gasteiger partial charge in [-0.05, 0) is 42.8 Å². The number of carbonyl (C=O) groups is 1. The molecule has 5 heteroatoms. The van der Waals surface area contributed by atoms with E-state index in [-0.39, 0.29) is 11.9 Å². The Morgan fingerprint density at radius 2 is 1.74 bits per heavy atom. The third-order valence-corrected chi connectivity index (χ3v) is 4.58. The van der Waals surface area contributed by atoms with Crippen LogP contribution in [0.4, 0.5) is 0 Å². The van der Waals surface area contributed by atoms with Crippen molar-refractivity contribution in [2.75, 3.05) is 21.3 Å². The van der Waals surface area contributed by atoms with E-state index in [1.165, 1.54) is 6.08 Å². The fourth-order valence-electron chi connectivity index (χ4n) is 2.80. The van der Waals surface area contributed by atoms with Crippen LogP contribution in [0, 0.1) is 0 Å². The Balaban J connectivity index is 1.75. The summed E-state index contributed by atoms with van der Waals surface area (Å²) < 4.78 is 16.4. The van der Waals surface area contributed by atoms with E-state index in [4.69, 9.17) is 13.9 Å². The van der Waals surface area contributed by atoms with Crippen LogP contribution in [0.25, 0.3) is 17.0 Å². The highest BCUT2D eigenvalue weighted by Gasteiger charge is 2.19. The standard InChI is InChI=1S/C22H23NO4/c1-15(21-13-17-7-5-6-8-20(17)27-21)23(2)22(24)10-9-16-11-18(25-3)14-19(12-16)26-4/h5-15H,1-4H3/b10-9+/t15-/m0/s1. The molecule has 1 atom stereocenters. The molecule has 0 spiro atoms. The van der Waals surface area contributed by atoms with Crippen molar-refractivity contribution in [3.8, 4) is 11.5 Å². The first-order chi connectivity index (χ1) is 13.0. The minimum atomic E-state index is -0.186. The van der Waals surface area contributed by atoms with Crippen molar-refractivity contribution in [1.29, 1.82) is 0 Å². The van der Waals surface area contributed by atoms with E-state index >= 15 is 0 Å². The normalized spacial score (nSPS) is 12.3. The smallest absolute Gasteiger partial charge is 0.246 e. The molecule has 3 aromatic rings. The van der Waals surface area contributed by atoms with E-state index < -0.39 is 0 Å². The number of ether oxygens (including phenoxy) is 2. The number of rotatable bonds is 6. The number of nitrogens with zero attached hydrogens (tertiary/aromatic N) is 1. The monoisotopic (exact) mass is 365 g/mol. The number of hydrogen-bond acceptors (Lipinski definition) is 4. The summed E-state index contributed by atoms with van der Waals surface area (Å²) in [4.78, 5) is 14.2. The van der Waals surface area contributed by atoms with Crippen LogP contribution in [0.2, 0.25) is 0 Å². The van der Waals surface area contributed by atoms with Gasteiger partial charge in [0.2, 0.25) is 5.91 Å². The van der Waals surface area contributed by atoms with Crippen LogP contribution < -0.4 is 9.47 Å². The summed E-state index contributed by atoms with van der Waals surface area (Å²) >= 11 is 0. The molecule has 5 nitrogen and oxygen atoms in total. The number of hydrogen-bond donors (Lipinski definition) is 0. The van der Waals surface area contributed by atoms with Crippen LogP contribution in [0.5, 0.6) is 11.5 Å². The van der Waals surface area contributed by atoms with Gasteiger partial charge in [-0.3, -0.25) is 4.79 Å². The van der Waals surface area contributed by atoms with Gasteiger partial charge in [0, 0.05) is 24.6 Å². The SMILES string of the molecule is COc1cc(/C=C/C(=O)N(C)[C@@H](C)c2cc3ccccc3o2)cc(OC)c1. The lowest BCUT2D eigenvalue weighted by Gasteiger charge is -2.21. The first-order valence-electron chi connectivity index (χ1n) is 8.68. The summed E-state index contributed by atoms with van der Waals surface area (Å²) in [5.74, 6) is 1.98. The Kier molecular flexibility index (Phi) is 5.50. The van der Waals surface area contributed by atoms with E-state index in [9.17, 15) is 4.79 Å². The second-order valence-electron chi connectivity index (χ2n) is 6.29. The highest BCUT2D eigenvalue weighted by atomic mass is 16.5. The molecule has 1 heterocycles. The molecule has 0 aliphatic carbocycles. The maximum absolute atomic E-state index is 12.6. The third kappa shape index (κ3) is 4.14. The lowest BCUT2D eigenvalue weighted by molar-refractivity contribution is -0.126. The van der Waals surface area contributed by atoms with Gasteiger partial charge in [-0.25, -0.2) is 0 Å². The third-order valence-electron chi connectivity index (χ3n) is 4.58. The van der Waals surface area contributed by atoms with Gasteiger partial charge in [-0.15, -0.1) is 0 Å². The zero-order valence-electron chi connectivity index (χ0n) is 15.9. The zero-order valence-corrected chi connectivity index (χ0v) is 15.9. The average molecular weight is 365 g/mol. The Hall–Kier alpha value is -3.21. The van der Waals surface area contributed by atoms with Crippen molar-refractivity contribution in [3.63, 3.8) is 0 Å². The minimum Gasteiger partial charge on any atom is -0.497 e. The van der Waals surface area contributed by atoms with Crippen LogP contribution in [-0.2, 0) is 4.79 Å². The van der Waals surface area contributed by atoms with Gasteiger partial charge in [0.25, 0.3) is 0 Å². The quantitative estimate of drug-likeness (QED) is 0.595. The molecule has 0 N–H and O–H groups in total. The Bertz CT molecular complexity index is 918. The van der Waals surface area contributed by atoms with Gasteiger partial charge < -0.3 is 18.8 Å². The topological polar surface area (TPSA) is 51.9 Å². The molecule has 0 aliphatic rings. The molecule has 27 heavy (non-hydrogen) atoms. The van der Waals surface area contributed by atoms with E-state index in [0.29, 0.717) is 11.5 Å². The summed E-state index contributed by atoms with van der Waals surface area (Å²) in [5.41, 5.74) is 1.64. The summed E-state index contributed by atoms with van der Waals surface area (Å²) in [6.07, 6.45) is 3.28. The highest BCUT2D eigenvalue weighted by Crippen LogP contribution is 2.27. The van der Waals surface area contributed by atoms with Crippen LogP contribution in [0.15, 0.2) is 59.0 Å². The van der Waals surface area contributed by atoms with Crippen molar-refractivity contribution in [2.45, 2.75) is 13.0 Å². The maximum Gasteiger partial charge on any atom is 0.246 e. The van der Waals surface area contributed by atoms with Gasteiger partial charge in [-0.1, -0.05) is 18.2 Å². The number of furan rings is 1. The molecule has 0 radical (unpaired) electrons. The van der Waals surface area contributed by atoms with Gasteiger partial charge in [0.05, 0.1) is 20.3 Å². The van der Waals surface area contributed by atoms with Gasteiger partial charge >= 0.3 is 0 Å². The molecule has 0 saturated carbocycles. The highest BCUT2D eigenvalue weighted by molar-refractivity contribution is 5.92. The number of benzene rings is 2. The van der Waals surface area contributed by atoms with Gasteiger partial charge in [-0.2, -0.15) is 0 Å². The Morgan fingerprint density at radius 1 is 1.07 bits per heavy atom. The van der Waals surface area contributed by atoms with Crippen LogP contribution in [0.3, 0.4) is 0 Å². The number of amides is 1. The Morgan fingerprint density at radius 3 is 2.37 bits per heavy atom. The van der Waals surface area contributed by atoms with Crippen molar-refractivity contribution in [3.05, 3.63) is 65.9 Å². The van der Waals surface area contributed by atoms with E-state index in [0.717, 1.165) is 22.3 Å². The fourth-order valence-corrected chi connectivity index (χ4v) is 2.80. The lowest BCUT2D eigenvalue weighted by atomic mass is 10.1. The number of para-hydroxylation sites is 1. The first-order valence-corrected chi connectivity index (χ1v) is 8.68. The number of likely N-dealkylation sites (N-methyl/N-ethyl adjacent to an activating group) is 1. The number of methoxy groups -OCH3 is 2. The van der Waals surface area contributed by atoms with Crippen LogP contribution >= 0.6 is 0 Å². The molecule has 0 fully saturated rings. The molecule has 0 bridgehead atoms. The van der Waals surface area contributed by atoms with E-state index in [1.807, 2.05) is 49.4 Å². The van der Waals surface area contributed by atoms with Crippen molar-refractivity contribution >= 4 is 23.0 Å².